The number of phenols is 1. The summed E-state index contributed by atoms with van der Waals surface area (Å²) < 4.78 is 0. The van der Waals surface area contributed by atoms with E-state index in [-0.39, 0.29) is 11.2 Å². The van der Waals surface area contributed by atoms with Crippen molar-refractivity contribution < 1.29 is 5.11 Å². The Balaban J connectivity index is 1.96. The van der Waals surface area contributed by atoms with E-state index in [2.05, 4.69) is 36.2 Å². The van der Waals surface area contributed by atoms with Gasteiger partial charge in [-0.2, -0.15) is 5.11 Å². The van der Waals surface area contributed by atoms with Gasteiger partial charge in [-0.15, -0.1) is 5.11 Å². The van der Waals surface area contributed by atoms with Gasteiger partial charge in [0.25, 0.3) is 0 Å². The Morgan fingerprint density at radius 2 is 1.33 bits per heavy atom. The van der Waals surface area contributed by atoms with E-state index in [0.717, 1.165) is 11.3 Å². The molecular weight excluding hydrogens is 296 g/mol. The van der Waals surface area contributed by atoms with Crippen molar-refractivity contribution in [1.82, 2.24) is 0 Å². The molecule has 0 heterocycles. The zero-order valence-electron chi connectivity index (χ0n) is 13.8. The molecule has 3 aromatic rings. The standard InChI is InChI=1S/C21H20N2O/c1-21(2,16-9-5-3-6-10-16)17-13-14-20(24)19(15-17)23-22-18-11-7-4-8-12-18/h3-15,24H,1-2H3. The zero-order valence-corrected chi connectivity index (χ0v) is 13.8. The minimum absolute atomic E-state index is 0.127. The molecule has 0 amide bonds. The molecule has 0 aliphatic heterocycles. The van der Waals surface area contributed by atoms with Gasteiger partial charge in [0, 0.05) is 5.41 Å². The molecule has 0 spiro atoms. The Kier molecular flexibility index (Phi) is 4.43. The quantitative estimate of drug-likeness (QED) is 0.578. The predicted molar refractivity (Wildman–Crippen MR) is 97.3 cm³/mol. The SMILES string of the molecule is CC(C)(c1ccccc1)c1ccc(O)c(N=Nc2ccccc2)c1. The third kappa shape index (κ3) is 3.35. The van der Waals surface area contributed by atoms with E-state index in [1.807, 2.05) is 60.7 Å². The third-order valence-electron chi connectivity index (χ3n) is 4.22. The minimum Gasteiger partial charge on any atom is -0.506 e. The number of phenolic OH excluding ortho intramolecular Hbond substituents is 1. The number of hydrogen-bond acceptors (Lipinski definition) is 3. The molecule has 3 nitrogen and oxygen atoms in total. The normalized spacial score (nSPS) is 11.8. The highest BCUT2D eigenvalue weighted by atomic mass is 16.3. The third-order valence-corrected chi connectivity index (χ3v) is 4.22. The van der Waals surface area contributed by atoms with Crippen molar-refractivity contribution >= 4 is 11.4 Å². The van der Waals surface area contributed by atoms with E-state index in [1.54, 1.807) is 6.07 Å². The van der Waals surface area contributed by atoms with Crippen LogP contribution in [-0.2, 0) is 5.41 Å². The Hall–Kier alpha value is -2.94. The smallest absolute Gasteiger partial charge is 0.143 e. The molecule has 3 rings (SSSR count). The lowest BCUT2D eigenvalue weighted by Crippen LogP contribution is -2.18. The van der Waals surface area contributed by atoms with Crippen LogP contribution in [0.1, 0.15) is 25.0 Å². The highest BCUT2D eigenvalue weighted by Crippen LogP contribution is 2.37. The maximum atomic E-state index is 10.1. The van der Waals surface area contributed by atoms with E-state index >= 15 is 0 Å². The Morgan fingerprint density at radius 1 is 0.708 bits per heavy atom. The fourth-order valence-electron chi connectivity index (χ4n) is 2.62. The van der Waals surface area contributed by atoms with Crippen LogP contribution in [-0.4, -0.2) is 5.11 Å². The molecule has 0 bridgehead atoms. The van der Waals surface area contributed by atoms with Crippen molar-refractivity contribution in [3.63, 3.8) is 0 Å². The fourth-order valence-corrected chi connectivity index (χ4v) is 2.62. The predicted octanol–water partition coefficient (Wildman–Crippen LogP) is 6.13. The van der Waals surface area contributed by atoms with Gasteiger partial charge < -0.3 is 5.11 Å². The number of aromatic hydroxyl groups is 1. The van der Waals surface area contributed by atoms with Gasteiger partial charge in [-0.3, -0.25) is 0 Å². The van der Waals surface area contributed by atoms with Crippen molar-refractivity contribution in [3.05, 3.63) is 90.0 Å². The molecule has 0 saturated carbocycles. The Bertz CT molecular complexity index is 840. The average molecular weight is 316 g/mol. The van der Waals surface area contributed by atoms with Crippen molar-refractivity contribution in [2.75, 3.05) is 0 Å². The first-order valence-electron chi connectivity index (χ1n) is 7.93. The second-order valence-corrected chi connectivity index (χ2v) is 6.23. The highest BCUT2D eigenvalue weighted by molar-refractivity contribution is 5.55. The molecule has 0 atom stereocenters. The van der Waals surface area contributed by atoms with Crippen LogP contribution in [0.5, 0.6) is 5.75 Å². The van der Waals surface area contributed by atoms with Gasteiger partial charge in [-0.25, -0.2) is 0 Å². The lowest BCUT2D eigenvalue weighted by Gasteiger charge is -2.26. The van der Waals surface area contributed by atoms with Gasteiger partial charge in [0.15, 0.2) is 0 Å². The molecule has 120 valence electrons. The number of nitrogens with zero attached hydrogens (tertiary/aromatic N) is 2. The molecule has 24 heavy (non-hydrogen) atoms. The van der Waals surface area contributed by atoms with Gasteiger partial charge in [0.2, 0.25) is 0 Å². The summed E-state index contributed by atoms with van der Waals surface area (Å²) in [4.78, 5) is 0. The van der Waals surface area contributed by atoms with Crippen molar-refractivity contribution in [3.8, 4) is 5.75 Å². The molecule has 0 aliphatic rings. The average Bonchev–Trinajstić information content (AvgIpc) is 2.62. The van der Waals surface area contributed by atoms with Crippen LogP contribution in [0.15, 0.2) is 89.1 Å². The minimum atomic E-state index is -0.189. The van der Waals surface area contributed by atoms with E-state index in [9.17, 15) is 5.11 Å². The molecule has 0 aromatic heterocycles. The summed E-state index contributed by atoms with van der Waals surface area (Å²) in [5.41, 5.74) is 3.33. The fraction of sp³-hybridized carbons (Fsp3) is 0.143. The van der Waals surface area contributed by atoms with Gasteiger partial charge in [-0.1, -0.05) is 68.4 Å². The maximum absolute atomic E-state index is 10.1. The Morgan fingerprint density at radius 3 is 2.00 bits per heavy atom. The van der Waals surface area contributed by atoms with Crippen LogP contribution >= 0.6 is 0 Å². The van der Waals surface area contributed by atoms with Crippen molar-refractivity contribution in [1.29, 1.82) is 0 Å². The van der Waals surface area contributed by atoms with Crippen molar-refractivity contribution in [2.45, 2.75) is 19.3 Å². The van der Waals surface area contributed by atoms with E-state index < -0.39 is 0 Å². The number of benzene rings is 3. The summed E-state index contributed by atoms with van der Waals surface area (Å²) >= 11 is 0. The highest BCUT2D eigenvalue weighted by Gasteiger charge is 2.23. The van der Waals surface area contributed by atoms with Gasteiger partial charge >= 0.3 is 0 Å². The molecule has 0 saturated heterocycles. The zero-order chi connectivity index (χ0) is 17.0. The number of rotatable bonds is 4. The lowest BCUT2D eigenvalue weighted by atomic mass is 9.78. The first kappa shape index (κ1) is 15.9. The molecule has 0 unspecified atom stereocenters. The molecule has 3 aromatic carbocycles. The van der Waals surface area contributed by atoms with Crippen LogP contribution < -0.4 is 0 Å². The molecule has 0 aliphatic carbocycles. The summed E-state index contributed by atoms with van der Waals surface area (Å²) in [6.45, 7) is 4.32. The summed E-state index contributed by atoms with van der Waals surface area (Å²) in [5, 5.41) is 18.5. The van der Waals surface area contributed by atoms with E-state index in [4.69, 9.17) is 0 Å². The first-order chi connectivity index (χ1) is 11.6. The molecule has 0 fully saturated rings. The van der Waals surface area contributed by atoms with Crippen LogP contribution in [0, 0.1) is 0 Å². The van der Waals surface area contributed by atoms with Crippen molar-refractivity contribution in [2.24, 2.45) is 10.2 Å². The van der Waals surface area contributed by atoms with Crippen LogP contribution in [0.4, 0.5) is 11.4 Å². The summed E-state index contributed by atoms with van der Waals surface area (Å²) in [5.74, 6) is 0.127. The van der Waals surface area contributed by atoms with E-state index in [1.165, 1.54) is 5.56 Å². The summed E-state index contributed by atoms with van der Waals surface area (Å²) in [6, 6.07) is 25.3. The second kappa shape index (κ2) is 6.67. The Labute approximate surface area is 142 Å². The van der Waals surface area contributed by atoms with Gasteiger partial charge in [0.05, 0.1) is 5.69 Å². The molecule has 3 heteroatoms. The lowest BCUT2D eigenvalue weighted by molar-refractivity contribution is 0.475. The van der Waals surface area contributed by atoms with Crippen LogP contribution in [0.3, 0.4) is 0 Å². The summed E-state index contributed by atoms with van der Waals surface area (Å²) in [6.07, 6.45) is 0. The largest absolute Gasteiger partial charge is 0.506 e. The molecular formula is C21H20N2O. The summed E-state index contributed by atoms with van der Waals surface area (Å²) in [7, 11) is 0. The number of hydrogen-bond donors (Lipinski definition) is 1. The monoisotopic (exact) mass is 316 g/mol. The topological polar surface area (TPSA) is 45.0 Å². The van der Waals surface area contributed by atoms with E-state index in [0.29, 0.717) is 5.69 Å². The second-order valence-electron chi connectivity index (χ2n) is 6.23. The number of azo groups is 1. The maximum Gasteiger partial charge on any atom is 0.143 e. The van der Waals surface area contributed by atoms with Gasteiger partial charge in [-0.05, 0) is 35.4 Å². The van der Waals surface area contributed by atoms with Crippen LogP contribution in [0.2, 0.25) is 0 Å². The van der Waals surface area contributed by atoms with Gasteiger partial charge in [0.1, 0.15) is 11.4 Å². The molecule has 0 radical (unpaired) electrons. The van der Waals surface area contributed by atoms with Crippen LogP contribution in [0.25, 0.3) is 0 Å². The first-order valence-corrected chi connectivity index (χ1v) is 7.93. The molecule has 1 N–H and O–H groups in total.